The first kappa shape index (κ1) is 15.8. The van der Waals surface area contributed by atoms with E-state index >= 15 is 0 Å². The van der Waals surface area contributed by atoms with Gasteiger partial charge in [0.1, 0.15) is 17.2 Å². The molecule has 1 aliphatic heterocycles. The molecule has 1 amide bonds. The summed E-state index contributed by atoms with van der Waals surface area (Å²) in [7, 11) is 0. The number of carbonyl (C=O) groups is 1. The zero-order valence-electron chi connectivity index (χ0n) is 13.9. The van der Waals surface area contributed by atoms with Gasteiger partial charge in [0.05, 0.1) is 6.04 Å². The van der Waals surface area contributed by atoms with Gasteiger partial charge in [-0.2, -0.15) is 0 Å². The normalized spacial score (nSPS) is 18.1. The van der Waals surface area contributed by atoms with Crippen molar-refractivity contribution in [2.24, 2.45) is 0 Å². The highest BCUT2D eigenvalue weighted by Gasteiger charge is 2.34. The summed E-state index contributed by atoms with van der Waals surface area (Å²) in [5, 5.41) is 8.10. The smallest absolute Gasteiger partial charge is 0.276 e. The SMILES string of the molecule is CCCc1cc(C(=O)N2CCC[C@@H]2c2cc(C(C)C)on2)no1. The van der Waals surface area contributed by atoms with E-state index in [2.05, 4.69) is 31.1 Å². The molecule has 23 heavy (non-hydrogen) atoms. The number of likely N-dealkylation sites (tertiary alicyclic amines) is 1. The molecule has 0 N–H and O–H groups in total. The zero-order valence-corrected chi connectivity index (χ0v) is 13.9. The topological polar surface area (TPSA) is 72.4 Å². The molecule has 0 aromatic carbocycles. The first-order valence-electron chi connectivity index (χ1n) is 8.33. The molecule has 0 spiro atoms. The van der Waals surface area contributed by atoms with Crippen LogP contribution in [0, 0.1) is 0 Å². The van der Waals surface area contributed by atoms with Crippen LogP contribution in [0.4, 0.5) is 0 Å². The lowest BCUT2D eigenvalue weighted by Crippen LogP contribution is -2.30. The molecule has 1 saturated heterocycles. The average Bonchev–Trinajstić information content (AvgIpc) is 3.26. The molecule has 0 bridgehead atoms. The van der Waals surface area contributed by atoms with Crippen molar-refractivity contribution < 1.29 is 13.8 Å². The number of hydrogen-bond acceptors (Lipinski definition) is 5. The largest absolute Gasteiger partial charge is 0.361 e. The van der Waals surface area contributed by atoms with Gasteiger partial charge in [-0.1, -0.05) is 31.1 Å². The Morgan fingerprint density at radius 3 is 2.87 bits per heavy atom. The van der Waals surface area contributed by atoms with E-state index in [1.165, 1.54) is 0 Å². The van der Waals surface area contributed by atoms with Crippen molar-refractivity contribution >= 4 is 5.91 Å². The standard InChI is InChI=1S/C17H23N3O3/c1-4-6-12-9-14(19-22-12)17(21)20-8-5-7-15(20)13-10-16(11(2)3)23-18-13/h9-11,15H,4-8H2,1-3H3/t15-/m1/s1. The molecule has 0 unspecified atom stereocenters. The lowest BCUT2D eigenvalue weighted by Gasteiger charge is -2.21. The molecule has 0 aliphatic carbocycles. The highest BCUT2D eigenvalue weighted by atomic mass is 16.5. The van der Waals surface area contributed by atoms with Gasteiger partial charge in [0.25, 0.3) is 5.91 Å². The van der Waals surface area contributed by atoms with Crippen LogP contribution in [-0.4, -0.2) is 27.7 Å². The van der Waals surface area contributed by atoms with Crippen molar-refractivity contribution in [1.29, 1.82) is 0 Å². The third-order valence-electron chi connectivity index (χ3n) is 4.25. The molecule has 6 nitrogen and oxygen atoms in total. The molecule has 3 rings (SSSR count). The Morgan fingerprint density at radius 2 is 2.17 bits per heavy atom. The molecular weight excluding hydrogens is 294 g/mol. The number of rotatable bonds is 5. The van der Waals surface area contributed by atoms with E-state index in [0.717, 1.165) is 42.9 Å². The Morgan fingerprint density at radius 1 is 1.35 bits per heavy atom. The maximum atomic E-state index is 12.7. The molecule has 6 heteroatoms. The number of aryl methyl sites for hydroxylation is 1. The van der Waals surface area contributed by atoms with Gasteiger partial charge in [0.2, 0.25) is 0 Å². The molecule has 1 fully saturated rings. The van der Waals surface area contributed by atoms with Gasteiger partial charge in [-0.3, -0.25) is 4.79 Å². The van der Waals surface area contributed by atoms with Gasteiger partial charge in [0, 0.05) is 31.0 Å². The van der Waals surface area contributed by atoms with Crippen LogP contribution in [0.5, 0.6) is 0 Å². The van der Waals surface area contributed by atoms with Crippen LogP contribution in [0.2, 0.25) is 0 Å². The minimum atomic E-state index is -0.0901. The number of carbonyl (C=O) groups excluding carboxylic acids is 1. The molecule has 1 atom stereocenters. The van der Waals surface area contributed by atoms with Gasteiger partial charge in [0.15, 0.2) is 5.69 Å². The van der Waals surface area contributed by atoms with Crippen molar-refractivity contribution in [1.82, 2.24) is 15.2 Å². The summed E-state index contributed by atoms with van der Waals surface area (Å²) < 4.78 is 10.6. The van der Waals surface area contributed by atoms with E-state index in [-0.39, 0.29) is 17.9 Å². The van der Waals surface area contributed by atoms with Crippen LogP contribution < -0.4 is 0 Å². The van der Waals surface area contributed by atoms with Crippen molar-refractivity contribution in [3.8, 4) is 0 Å². The van der Waals surface area contributed by atoms with E-state index in [9.17, 15) is 4.79 Å². The Hall–Kier alpha value is -2.11. The van der Waals surface area contributed by atoms with Gasteiger partial charge < -0.3 is 13.9 Å². The van der Waals surface area contributed by atoms with Crippen molar-refractivity contribution in [2.75, 3.05) is 6.54 Å². The van der Waals surface area contributed by atoms with Crippen LogP contribution in [0.1, 0.15) is 79.7 Å². The lowest BCUT2D eigenvalue weighted by atomic mass is 10.1. The minimum Gasteiger partial charge on any atom is -0.361 e. The number of amides is 1. The quantitative estimate of drug-likeness (QED) is 0.840. The molecular formula is C17H23N3O3. The number of hydrogen-bond donors (Lipinski definition) is 0. The third kappa shape index (κ3) is 3.16. The van der Waals surface area contributed by atoms with E-state index in [0.29, 0.717) is 12.2 Å². The maximum absolute atomic E-state index is 12.7. The van der Waals surface area contributed by atoms with Crippen molar-refractivity contribution in [2.45, 2.75) is 58.4 Å². The Balaban J connectivity index is 1.78. The predicted molar refractivity (Wildman–Crippen MR) is 84.1 cm³/mol. The second-order valence-corrected chi connectivity index (χ2v) is 6.39. The molecule has 2 aromatic rings. The van der Waals surface area contributed by atoms with Crippen LogP contribution in [0.25, 0.3) is 0 Å². The number of nitrogens with zero attached hydrogens (tertiary/aromatic N) is 3. The summed E-state index contributed by atoms with van der Waals surface area (Å²) in [5.74, 6) is 1.81. The first-order valence-corrected chi connectivity index (χ1v) is 8.33. The molecule has 1 aliphatic rings. The predicted octanol–water partition coefficient (Wildman–Crippen LogP) is 3.72. The molecule has 3 heterocycles. The zero-order chi connectivity index (χ0) is 16.4. The first-order chi connectivity index (χ1) is 11.1. The van der Waals surface area contributed by atoms with E-state index < -0.39 is 0 Å². The average molecular weight is 317 g/mol. The summed E-state index contributed by atoms with van der Waals surface area (Å²) in [6.45, 7) is 6.90. The summed E-state index contributed by atoms with van der Waals surface area (Å²) in [4.78, 5) is 14.6. The third-order valence-corrected chi connectivity index (χ3v) is 4.25. The molecule has 124 valence electrons. The Bertz CT molecular complexity index is 674. The summed E-state index contributed by atoms with van der Waals surface area (Å²) in [6.07, 6.45) is 3.62. The summed E-state index contributed by atoms with van der Waals surface area (Å²) in [5.41, 5.74) is 1.21. The van der Waals surface area contributed by atoms with Crippen molar-refractivity contribution in [3.05, 3.63) is 35.0 Å². The van der Waals surface area contributed by atoms with Crippen molar-refractivity contribution in [3.63, 3.8) is 0 Å². The second kappa shape index (κ2) is 6.56. The van der Waals surface area contributed by atoms with Gasteiger partial charge in [-0.05, 0) is 19.3 Å². The van der Waals surface area contributed by atoms with E-state index in [4.69, 9.17) is 9.05 Å². The fourth-order valence-electron chi connectivity index (χ4n) is 2.98. The summed E-state index contributed by atoms with van der Waals surface area (Å²) in [6, 6.07) is 3.68. The van der Waals surface area contributed by atoms with Crippen LogP contribution in [0.3, 0.4) is 0 Å². The molecule has 2 aromatic heterocycles. The Labute approximate surface area is 135 Å². The maximum Gasteiger partial charge on any atom is 0.276 e. The lowest BCUT2D eigenvalue weighted by molar-refractivity contribution is 0.0720. The number of aromatic nitrogens is 2. The molecule has 0 saturated carbocycles. The highest BCUT2D eigenvalue weighted by Crippen LogP contribution is 2.33. The van der Waals surface area contributed by atoms with E-state index in [1.54, 1.807) is 6.07 Å². The van der Waals surface area contributed by atoms with Crippen LogP contribution in [-0.2, 0) is 6.42 Å². The fourth-order valence-corrected chi connectivity index (χ4v) is 2.98. The monoisotopic (exact) mass is 317 g/mol. The fraction of sp³-hybridized carbons (Fsp3) is 0.588. The summed E-state index contributed by atoms with van der Waals surface area (Å²) >= 11 is 0. The second-order valence-electron chi connectivity index (χ2n) is 6.39. The Kier molecular flexibility index (Phi) is 4.50. The highest BCUT2D eigenvalue weighted by molar-refractivity contribution is 5.92. The molecule has 0 radical (unpaired) electrons. The van der Waals surface area contributed by atoms with Gasteiger partial charge in [-0.25, -0.2) is 0 Å². The van der Waals surface area contributed by atoms with Gasteiger partial charge >= 0.3 is 0 Å². The van der Waals surface area contributed by atoms with E-state index in [1.807, 2.05) is 11.0 Å². The minimum absolute atomic E-state index is 0.0370. The van der Waals surface area contributed by atoms with Crippen LogP contribution >= 0.6 is 0 Å². The van der Waals surface area contributed by atoms with Gasteiger partial charge in [-0.15, -0.1) is 0 Å². The van der Waals surface area contributed by atoms with Crippen LogP contribution in [0.15, 0.2) is 21.2 Å².